The zero-order valence-electron chi connectivity index (χ0n) is 17.9. The first-order valence-electron chi connectivity index (χ1n) is 9.47. The molecule has 142 valence electrons. The lowest BCUT2D eigenvalue weighted by molar-refractivity contribution is 0.499. The molecule has 26 heavy (non-hydrogen) atoms. The summed E-state index contributed by atoms with van der Waals surface area (Å²) >= 11 is 0. The van der Waals surface area contributed by atoms with Crippen LogP contribution in [0.25, 0.3) is 0 Å². The minimum absolute atomic E-state index is 0.0256. The van der Waals surface area contributed by atoms with Crippen molar-refractivity contribution in [3.8, 4) is 5.75 Å². The molecule has 0 saturated heterocycles. The molecule has 2 aromatic carbocycles. The van der Waals surface area contributed by atoms with Crippen molar-refractivity contribution in [3.05, 3.63) is 59.2 Å². The standard InChI is InChI=1S/C24H35OP/c1-22(2,3)17-15-19(23(4,5)6)21(20(16-17)24(7,8)9)25-26-18-13-11-10-12-14-18/h10-16,26H,1-9H3. The second kappa shape index (κ2) is 7.35. The van der Waals surface area contributed by atoms with Gasteiger partial charge in [-0.15, -0.1) is 0 Å². The minimum atomic E-state index is 0.0256. The SMILES string of the molecule is CC(C)(C)c1cc(C(C)(C)C)c(OPc2ccccc2)c(C(C)(C)C)c1. The molecule has 0 aliphatic heterocycles. The van der Waals surface area contributed by atoms with E-state index >= 15 is 0 Å². The Morgan fingerprint density at radius 1 is 0.654 bits per heavy atom. The van der Waals surface area contributed by atoms with Gasteiger partial charge in [0.05, 0.1) is 0 Å². The van der Waals surface area contributed by atoms with Crippen LogP contribution in [-0.2, 0) is 16.2 Å². The van der Waals surface area contributed by atoms with Gasteiger partial charge >= 0.3 is 0 Å². The maximum atomic E-state index is 6.50. The van der Waals surface area contributed by atoms with Gasteiger partial charge in [-0.05, 0) is 21.8 Å². The van der Waals surface area contributed by atoms with Crippen LogP contribution < -0.4 is 9.83 Å². The minimum Gasteiger partial charge on any atom is -0.472 e. The lowest BCUT2D eigenvalue weighted by atomic mass is 9.75. The number of hydrogen-bond donors (Lipinski definition) is 0. The molecule has 0 radical (unpaired) electrons. The molecule has 1 atom stereocenters. The Kier molecular flexibility index (Phi) is 5.93. The van der Waals surface area contributed by atoms with Gasteiger partial charge in [0.1, 0.15) is 14.6 Å². The smallest absolute Gasteiger partial charge is 0.130 e. The van der Waals surface area contributed by atoms with E-state index in [-0.39, 0.29) is 16.2 Å². The summed E-state index contributed by atoms with van der Waals surface area (Å²) in [6, 6.07) is 15.2. The average molecular weight is 371 g/mol. The summed E-state index contributed by atoms with van der Waals surface area (Å²) in [7, 11) is 0.316. The molecular formula is C24H35OP. The number of benzene rings is 2. The van der Waals surface area contributed by atoms with E-state index in [2.05, 4.69) is 98.7 Å². The Morgan fingerprint density at radius 3 is 1.50 bits per heavy atom. The van der Waals surface area contributed by atoms with E-state index in [0.29, 0.717) is 8.81 Å². The fraction of sp³-hybridized carbons (Fsp3) is 0.500. The molecule has 0 saturated carbocycles. The van der Waals surface area contributed by atoms with Crippen LogP contribution in [0.2, 0.25) is 0 Å². The van der Waals surface area contributed by atoms with Crippen molar-refractivity contribution in [1.82, 2.24) is 0 Å². The summed E-state index contributed by atoms with van der Waals surface area (Å²) < 4.78 is 6.50. The molecule has 0 aliphatic rings. The fourth-order valence-electron chi connectivity index (χ4n) is 2.90. The predicted molar refractivity (Wildman–Crippen MR) is 118 cm³/mol. The largest absolute Gasteiger partial charge is 0.472 e. The number of hydrogen-bond acceptors (Lipinski definition) is 1. The summed E-state index contributed by atoms with van der Waals surface area (Å²) in [6.45, 7) is 20.5. The Bertz CT molecular complexity index is 706. The lowest BCUT2D eigenvalue weighted by Gasteiger charge is -2.33. The molecule has 2 rings (SSSR count). The predicted octanol–water partition coefficient (Wildman–Crippen LogP) is 6.88. The summed E-state index contributed by atoms with van der Waals surface area (Å²) in [6.07, 6.45) is 0. The van der Waals surface area contributed by atoms with Crippen LogP contribution in [0.5, 0.6) is 5.75 Å². The first kappa shape index (κ1) is 21.0. The third-order valence-corrected chi connectivity index (χ3v) is 5.49. The van der Waals surface area contributed by atoms with Gasteiger partial charge in [0.25, 0.3) is 0 Å². The van der Waals surface area contributed by atoms with Gasteiger partial charge in [-0.1, -0.05) is 105 Å². The van der Waals surface area contributed by atoms with E-state index in [1.54, 1.807) is 0 Å². The van der Waals surface area contributed by atoms with Crippen LogP contribution in [0.15, 0.2) is 42.5 Å². The third kappa shape index (κ3) is 5.10. The topological polar surface area (TPSA) is 9.23 Å². The van der Waals surface area contributed by atoms with Crippen LogP contribution in [0.1, 0.15) is 79.0 Å². The second-order valence-corrected chi connectivity index (χ2v) is 11.2. The first-order chi connectivity index (χ1) is 11.8. The maximum absolute atomic E-state index is 6.50. The highest BCUT2D eigenvalue weighted by molar-refractivity contribution is 7.42. The van der Waals surface area contributed by atoms with Crippen molar-refractivity contribution >= 4 is 14.1 Å². The second-order valence-electron chi connectivity index (χ2n) is 10.2. The van der Waals surface area contributed by atoms with Crippen LogP contribution in [0.3, 0.4) is 0 Å². The molecule has 0 aliphatic carbocycles. The summed E-state index contributed by atoms with van der Waals surface area (Å²) in [4.78, 5) is 0. The average Bonchev–Trinajstić information content (AvgIpc) is 2.50. The van der Waals surface area contributed by atoms with Crippen molar-refractivity contribution in [3.63, 3.8) is 0 Å². The van der Waals surface area contributed by atoms with E-state index in [1.807, 2.05) is 6.07 Å². The zero-order chi connectivity index (χ0) is 19.8. The molecular weight excluding hydrogens is 335 g/mol. The highest BCUT2D eigenvalue weighted by Crippen LogP contribution is 2.44. The van der Waals surface area contributed by atoms with E-state index in [4.69, 9.17) is 4.52 Å². The molecule has 0 spiro atoms. The Morgan fingerprint density at radius 2 is 1.12 bits per heavy atom. The van der Waals surface area contributed by atoms with Gasteiger partial charge < -0.3 is 4.52 Å². The third-order valence-electron chi connectivity index (χ3n) is 4.62. The molecule has 0 aromatic heterocycles. The number of rotatable bonds is 3. The quantitative estimate of drug-likeness (QED) is 0.535. The van der Waals surface area contributed by atoms with Crippen molar-refractivity contribution < 1.29 is 4.52 Å². The van der Waals surface area contributed by atoms with Gasteiger partial charge in [0, 0.05) is 16.4 Å². The Hall–Kier alpha value is -1.33. The first-order valence-corrected chi connectivity index (χ1v) is 10.4. The highest BCUT2D eigenvalue weighted by Gasteiger charge is 2.30. The Labute approximate surface area is 162 Å². The molecule has 0 bridgehead atoms. The highest BCUT2D eigenvalue weighted by atomic mass is 31.1. The van der Waals surface area contributed by atoms with Gasteiger partial charge in [-0.25, -0.2) is 0 Å². The van der Waals surface area contributed by atoms with Crippen molar-refractivity contribution in [2.45, 2.75) is 78.6 Å². The van der Waals surface area contributed by atoms with E-state index in [9.17, 15) is 0 Å². The van der Waals surface area contributed by atoms with Gasteiger partial charge in [-0.3, -0.25) is 0 Å². The lowest BCUT2D eigenvalue weighted by Crippen LogP contribution is -2.22. The summed E-state index contributed by atoms with van der Waals surface area (Å²) in [5.41, 5.74) is 4.15. The molecule has 1 nitrogen and oxygen atoms in total. The monoisotopic (exact) mass is 370 g/mol. The maximum Gasteiger partial charge on any atom is 0.130 e. The normalized spacial score (nSPS) is 13.4. The van der Waals surface area contributed by atoms with Crippen LogP contribution >= 0.6 is 8.81 Å². The van der Waals surface area contributed by atoms with E-state index in [1.165, 1.54) is 22.0 Å². The molecule has 2 aromatic rings. The van der Waals surface area contributed by atoms with Crippen LogP contribution in [-0.4, -0.2) is 0 Å². The molecule has 2 heteroatoms. The van der Waals surface area contributed by atoms with Gasteiger partial charge in [-0.2, -0.15) is 0 Å². The van der Waals surface area contributed by atoms with Crippen LogP contribution in [0.4, 0.5) is 0 Å². The molecule has 0 amide bonds. The molecule has 0 heterocycles. The Balaban J connectivity index is 2.62. The molecule has 0 fully saturated rings. The summed E-state index contributed by atoms with van der Waals surface area (Å²) in [5.74, 6) is 1.07. The van der Waals surface area contributed by atoms with Crippen molar-refractivity contribution in [1.29, 1.82) is 0 Å². The van der Waals surface area contributed by atoms with Crippen molar-refractivity contribution in [2.24, 2.45) is 0 Å². The zero-order valence-corrected chi connectivity index (χ0v) is 18.9. The fourth-order valence-corrected chi connectivity index (χ4v) is 3.67. The molecule has 1 unspecified atom stereocenters. The van der Waals surface area contributed by atoms with Crippen molar-refractivity contribution in [2.75, 3.05) is 0 Å². The van der Waals surface area contributed by atoms with E-state index in [0.717, 1.165) is 5.75 Å². The van der Waals surface area contributed by atoms with E-state index < -0.39 is 0 Å². The molecule has 0 N–H and O–H groups in total. The summed E-state index contributed by atoms with van der Waals surface area (Å²) in [5, 5.41) is 1.23. The van der Waals surface area contributed by atoms with Gasteiger partial charge in [0.2, 0.25) is 0 Å². The van der Waals surface area contributed by atoms with Gasteiger partial charge in [0.15, 0.2) is 0 Å². The van der Waals surface area contributed by atoms with Crippen LogP contribution in [0, 0.1) is 0 Å².